The maximum absolute atomic E-state index is 12.3. The third kappa shape index (κ3) is 3.45. The van der Waals surface area contributed by atoms with Crippen LogP contribution >= 0.6 is 0 Å². The Kier molecular flexibility index (Phi) is 4.77. The van der Waals surface area contributed by atoms with Crippen LogP contribution < -0.4 is 21.3 Å². The fraction of sp³-hybridized carbons (Fsp3) is 0.273. The minimum atomic E-state index is -0.222. The van der Waals surface area contributed by atoms with E-state index in [0.29, 0.717) is 12.1 Å². The van der Waals surface area contributed by atoms with Crippen molar-refractivity contribution in [2.45, 2.75) is 19.8 Å². The Morgan fingerprint density at radius 3 is 2.79 bits per heavy atom. The van der Waals surface area contributed by atoms with Crippen LogP contribution in [0.5, 0.6) is 0 Å². The molecule has 6 heteroatoms. The van der Waals surface area contributed by atoms with Gasteiger partial charge in [0, 0.05) is 41.9 Å². The molecule has 0 aliphatic carbocycles. The van der Waals surface area contributed by atoms with Gasteiger partial charge in [-0.3, -0.25) is 9.59 Å². The Balaban J connectivity index is 1.48. The summed E-state index contributed by atoms with van der Waals surface area (Å²) < 4.78 is 0. The van der Waals surface area contributed by atoms with Crippen molar-refractivity contribution in [1.82, 2.24) is 0 Å². The Hall–Kier alpha value is -3.28. The van der Waals surface area contributed by atoms with Crippen LogP contribution in [-0.2, 0) is 9.59 Å². The lowest BCUT2D eigenvalue weighted by Crippen LogP contribution is -2.41. The number of nitrogens with one attached hydrogen (secondary N) is 2. The van der Waals surface area contributed by atoms with Crippen molar-refractivity contribution in [2.24, 2.45) is 11.7 Å². The molecule has 1 fully saturated rings. The van der Waals surface area contributed by atoms with Crippen molar-refractivity contribution in [2.75, 3.05) is 28.6 Å². The van der Waals surface area contributed by atoms with Crippen molar-refractivity contribution in [3.05, 3.63) is 59.8 Å². The van der Waals surface area contributed by atoms with Crippen LogP contribution in [0.15, 0.2) is 48.7 Å². The number of aryl methyl sites for hydroxylation is 1. The van der Waals surface area contributed by atoms with Crippen molar-refractivity contribution < 1.29 is 9.59 Å². The number of anilines is 3. The minimum Gasteiger partial charge on any atom is -0.371 e. The van der Waals surface area contributed by atoms with Gasteiger partial charge in [-0.15, -0.1) is 0 Å². The van der Waals surface area contributed by atoms with Gasteiger partial charge in [-0.2, -0.15) is 0 Å². The topological polar surface area (TPSA) is 87.5 Å². The molecule has 2 aromatic rings. The van der Waals surface area contributed by atoms with Gasteiger partial charge in [0.15, 0.2) is 0 Å². The van der Waals surface area contributed by atoms with E-state index in [-0.39, 0.29) is 17.7 Å². The molecule has 1 unspecified atom stereocenters. The molecule has 0 bridgehead atoms. The molecule has 144 valence electrons. The van der Waals surface area contributed by atoms with E-state index in [4.69, 9.17) is 5.73 Å². The predicted molar refractivity (Wildman–Crippen MR) is 112 cm³/mol. The van der Waals surface area contributed by atoms with Crippen molar-refractivity contribution in [1.29, 1.82) is 0 Å². The van der Waals surface area contributed by atoms with E-state index in [0.717, 1.165) is 47.6 Å². The normalized spacial score (nSPS) is 20.0. The zero-order valence-corrected chi connectivity index (χ0v) is 15.9. The summed E-state index contributed by atoms with van der Waals surface area (Å²) >= 11 is 0. The van der Waals surface area contributed by atoms with E-state index in [2.05, 4.69) is 15.5 Å². The fourth-order valence-electron chi connectivity index (χ4n) is 3.94. The smallest absolute Gasteiger partial charge is 0.257 e. The number of benzene rings is 2. The first-order valence-electron chi connectivity index (χ1n) is 9.55. The van der Waals surface area contributed by atoms with Gasteiger partial charge in [-0.1, -0.05) is 12.1 Å². The standard InChI is InChI=1S/C22H24N4O2/c1-14-4-2-6-19-20(14)18(22(28)25-19)12-24-16-7-9-17(10-8-16)26-11-3-5-15(13-26)21(23)27/h2,4,6-10,12,15,24H,3,5,11,13H2,1H3,(H2,23,27)(H,25,28)/b18-12-. The van der Waals surface area contributed by atoms with E-state index < -0.39 is 0 Å². The van der Waals surface area contributed by atoms with Gasteiger partial charge in [-0.05, 0) is 55.7 Å². The quantitative estimate of drug-likeness (QED) is 0.716. The number of carbonyl (C=O) groups is 2. The van der Waals surface area contributed by atoms with Gasteiger partial charge in [-0.25, -0.2) is 0 Å². The van der Waals surface area contributed by atoms with Gasteiger partial charge >= 0.3 is 0 Å². The van der Waals surface area contributed by atoms with Crippen LogP contribution in [0.3, 0.4) is 0 Å². The molecule has 1 saturated heterocycles. The first kappa shape index (κ1) is 18.1. The van der Waals surface area contributed by atoms with Gasteiger partial charge < -0.3 is 21.3 Å². The summed E-state index contributed by atoms with van der Waals surface area (Å²) in [7, 11) is 0. The molecule has 2 aliphatic rings. The lowest BCUT2D eigenvalue weighted by Gasteiger charge is -2.33. The molecule has 0 radical (unpaired) electrons. The summed E-state index contributed by atoms with van der Waals surface area (Å²) in [5.74, 6) is -0.403. The number of carbonyl (C=O) groups excluding carboxylic acids is 2. The molecule has 4 rings (SSSR count). The number of fused-ring (bicyclic) bond motifs is 1. The van der Waals surface area contributed by atoms with Crippen molar-refractivity contribution in [3.63, 3.8) is 0 Å². The highest BCUT2D eigenvalue weighted by Gasteiger charge is 2.26. The molecule has 2 aromatic carbocycles. The van der Waals surface area contributed by atoms with Gasteiger partial charge in [0.25, 0.3) is 5.91 Å². The maximum atomic E-state index is 12.3. The Labute approximate surface area is 164 Å². The van der Waals surface area contributed by atoms with E-state index in [1.165, 1.54) is 0 Å². The summed E-state index contributed by atoms with van der Waals surface area (Å²) in [6.45, 7) is 3.60. The van der Waals surface area contributed by atoms with E-state index in [9.17, 15) is 9.59 Å². The zero-order valence-electron chi connectivity index (χ0n) is 15.9. The molecular formula is C22H24N4O2. The van der Waals surface area contributed by atoms with Crippen LogP contribution in [0, 0.1) is 12.8 Å². The minimum absolute atomic E-state index is 0.0829. The van der Waals surface area contributed by atoms with Gasteiger partial charge in [0.1, 0.15) is 0 Å². The Morgan fingerprint density at radius 1 is 1.25 bits per heavy atom. The first-order valence-corrected chi connectivity index (χ1v) is 9.55. The number of amides is 2. The number of rotatable bonds is 4. The molecule has 1 atom stereocenters. The predicted octanol–water partition coefficient (Wildman–Crippen LogP) is 3.10. The summed E-state index contributed by atoms with van der Waals surface area (Å²) in [5, 5.41) is 6.13. The van der Waals surface area contributed by atoms with Crippen LogP contribution in [-0.4, -0.2) is 24.9 Å². The second kappa shape index (κ2) is 7.38. The molecule has 2 amide bonds. The van der Waals surface area contributed by atoms with Gasteiger partial charge in [0.2, 0.25) is 5.91 Å². The van der Waals surface area contributed by atoms with Gasteiger partial charge in [0.05, 0.1) is 11.5 Å². The summed E-state index contributed by atoms with van der Waals surface area (Å²) in [6, 6.07) is 13.9. The highest BCUT2D eigenvalue weighted by Crippen LogP contribution is 2.34. The number of hydrogen-bond donors (Lipinski definition) is 3. The van der Waals surface area contributed by atoms with Crippen LogP contribution in [0.25, 0.3) is 5.57 Å². The lowest BCUT2D eigenvalue weighted by atomic mass is 9.97. The number of nitrogens with two attached hydrogens (primary N) is 1. The Bertz CT molecular complexity index is 950. The Morgan fingerprint density at radius 2 is 2.04 bits per heavy atom. The molecule has 6 nitrogen and oxygen atoms in total. The molecule has 28 heavy (non-hydrogen) atoms. The number of nitrogens with zero attached hydrogens (tertiary/aromatic N) is 1. The average Bonchev–Trinajstić information content (AvgIpc) is 3.03. The summed E-state index contributed by atoms with van der Waals surface area (Å²) in [6.07, 6.45) is 3.59. The summed E-state index contributed by atoms with van der Waals surface area (Å²) in [4.78, 5) is 26.0. The molecule has 2 heterocycles. The third-order valence-electron chi connectivity index (χ3n) is 5.47. The second-order valence-electron chi connectivity index (χ2n) is 7.39. The molecule has 0 spiro atoms. The van der Waals surface area contributed by atoms with E-state index >= 15 is 0 Å². The maximum Gasteiger partial charge on any atom is 0.257 e. The molecule has 0 saturated carbocycles. The molecule has 4 N–H and O–H groups in total. The number of hydrogen-bond acceptors (Lipinski definition) is 4. The molecule has 2 aliphatic heterocycles. The molecule has 0 aromatic heterocycles. The monoisotopic (exact) mass is 376 g/mol. The summed E-state index contributed by atoms with van der Waals surface area (Å²) in [5.41, 5.74) is 10.9. The number of piperidine rings is 1. The SMILES string of the molecule is Cc1cccc2c1/C(=C/Nc1ccc(N3CCCC(C(N)=O)C3)cc1)C(=O)N2. The van der Waals surface area contributed by atoms with Crippen LogP contribution in [0.4, 0.5) is 17.1 Å². The second-order valence-corrected chi connectivity index (χ2v) is 7.39. The zero-order chi connectivity index (χ0) is 19.7. The highest BCUT2D eigenvalue weighted by molar-refractivity contribution is 6.32. The fourth-order valence-corrected chi connectivity index (χ4v) is 3.94. The van der Waals surface area contributed by atoms with E-state index in [1.54, 1.807) is 6.20 Å². The number of primary amides is 1. The van der Waals surface area contributed by atoms with E-state index in [1.807, 2.05) is 49.4 Å². The average molecular weight is 376 g/mol. The first-order chi connectivity index (χ1) is 13.5. The lowest BCUT2D eigenvalue weighted by molar-refractivity contribution is -0.122. The highest BCUT2D eigenvalue weighted by atomic mass is 16.2. The molecular weight excluding hydrogens is 352 g/mol. The largest absolute Gasteiger partial charge is 0.371 e. The van der Waals surface area contributed by atoms with Crippen LogP contribution in [0.2, 0.25) is 0 Å². The van der Waals surface area contributed by atoms with Crippen molar-refractivity contribution >= 4 is 34.4 Å². The van der Waals surface area contributed by atoms with Crippen LogP contribution in [0.1, 0.15) is 24.0 Å². The van der Waals surface area contributed by atoms with Crippen molar-refractivity contribution in [3.8, 4) is 0 Å². The third-order valence-corrected chi connectivity index (χ3v) is 5.47.